The number of benzene rings is 1. The van der Waals surface area contributed by atoms with E-state index in [0.29, 0.717) is 0 Å². The Morgan fingerprint density at radius 1 is 1.43 bits per heavy atom. The summed E-state index contributed by atoms with van der Waals surface area (Å²) in [4.78, 5) is 0. The van der Waals surface area contributed by atoms with Gasteiger partial charge in [-0.2, -0.15) is 0 Å². The van der Waals surface area contributed by atoms with E-state index >= 15 is 0 Å². The fraction of sp³-hybridized carbons (Fsp3) is 0.400. The summed E-state index contributed by atoms with van der Waals surface area (Å²) in [6.45, 7) is 0. The molecule has 1 aliphatic rings. The Morgan fingerprint density at radius 3 is 2.64 bits per heavy atom. The highest BCUT2D eigenvalue weighted by Gasteiger charge is 2.25. The maximum atomic E-state index is 11.6. The molecule has 2 nitrogen and oxygen atoms in total. The molecule has 0 amide bonds. The highest BCUT2D eigenvalue weighted by Crippen LogP contribution is 2.38. The second-order valence-corrected chi connectivity index (χ2v) is 6.21. The van der Waals surface area contributed by atoms with Crippen molar-refractivity contribution in [1.29, 1.82) is 0 Å². The molecule has 0 N–H and O–H groups in total. The van der Waals surface area contributed by atoms with Crippen LogP contribution in [0.25, 0.3) is 0 Å². The van der Waals surface area contributed by atoms with Gasteiger partial charge in [-0.3, -0.25) is 4.21 Å². The monoisotopic (exact) mass is 228 g/mol. The lowest BCUT2D eigenvalue weighted by Crippen LogP contribution is -1.98. The molecule has 0 bridgehead atoms. The van der Waals surface area contributed by atoms with Crippen molar-refractivity contribution in [3.63, 3.8) is 0 Å². The van der Waals surface area contributed by atoms with Crippen molar-refractivity contribution in [3.05, 3.63) is 29.8 Å². The van der Waals surface area contributed by atoms with Crippen LogP contribution in [0.5, 0.6) is 5.75 Å². The molecule has 1 aliphatic heterocycles. The van der Waals surface area contributed by atoms with Crippen LogP contribution in [0.15, 0.2) is 24.3 Å². The molecule has 4 heteroatoms. The minimum atomic E-state index is -0.698. The first-order valence-electron chi connectivity index (χ1n) is 4.44. The average molecular weight is 228 g/mol. The summed E-state index contributed by atoms with van der Waals surface area (Å²) in [5.74, 6) is 2.67. The summed E-state index contributed by atoms with van der Waals surface area (Å²) in [5.41, 5.74) is 1.15. The first-order valence-corrected chi connectivity index (χ1v) is 6.87. The number of methoxy groups -OCH3 is 1. The molecule has 1 heterocycles. The number of hydrogen-bond donors (Lipinski definition) is 0. The molecule has 1 fully saturated rings. The van der Waals surface area contributed by atoms with Crippen LogP contribution in [0.1, 0.15) is 10.1 Å². The van der Waals surface area contributed by atoms with Crippen LogP contribution < -0.4 is 4.74 Å². The molecule has 2 rings (SSSR count). The van der Waals surface area contributed by atoms with Gasteiger partial charge in [0.05, 0.1) is 7.11 Å². The van der Waals surface area contributed by atoms with E-state index in [2.05, 4.69) is 0 Å². The third-order valence-electron chi connectivity index (χ3n) is 2.18. The van der Waals surface area contributed by atoms with Gasteiger partial charge in [0, 0.05) is 22.3 Å². The van der Waals surface area contributed by atoms with Crippen molar-refractivity contribution >= 4 is 22.6 Å². The van der Waals surface area contributed by atoms with Gasteiger partial charge < -0.3 is 4.74 Å². The summed E-state index contributed by atoms with van der Waals surface area (Å²) in [5, 5.41) is 0. The molecule has 1 aromatic carbocycles. The first kappa shape index (κ1) is 10.1. The van der Waals surface area contributed by atoms with Crippen molar-refractivity contribution in [1.82, 2.24) is 0 Å². The van der Waals surface area contributed by atoms with Crippen molar-refractivity contribution in [2.24, 2.45) is 0 Å². The van der Waals surface area contributed by atoms with Crippen LogP contribution in [-0.2, 0) is 10.8 Å². The summed E-state index contributed by atoms with van der Waals surface area (Å²) in [6.07, 6.45) is 0. The van der Waals surface area contributed by atoms with Gasteiger partial charge >= 0.3 is 0 Å². The molecule has 76 valence electrons. The van der Waals surface area contributed by atoms with Crippen LogP contribution in [0, 0.1) is 0 Å². The molecular weight excluding hydrogens is 216 g/mol. The fourth-order valence-electron chi connectivity index (χ4n) is 1.43. The molecule has 2 atom stereocenters. The van der Waals surface area contributed by atoms with E-state index in [1.807, 2.05) is 24.3 Å². The van der Waals surface area contributed by atoms with E-state index in [1.54, 1.807) is 18.9 Å². The Balaban J connectivity index is 2.20. The Bertz CT molecular complexity index is 334. The van der Waals surface area contributed by atoms with Crippen molar-refractivity contribution in [2.45, 2.75) is 4.58 Å². The standard InChI is InChI=1S/C10H12O2S2/c1-12-9-4-2-8(3-5-9)10-13-6-7-14(10)11/h2-5,10H,6-7H2,1H3/t10-,14?/m1/s1. The minimum absolute atomic E-state index is 0.168. The zero-order valence-corrected chi connectivity index (χ0v) is 9.57. The van der Waals surface area contributed by atoms with Gasteiger partial charge in [-0.25, -0.2) is 0 Å². The molecule has 1 unspecified atom stereocenters. The van der Waals surface area contributed by atoms with Crippen LogP contribution in [0.2, 0.25) is 0 Å². The first-order chi connectivity index (χ1) is 6.81. The highest BCUT2D eigenvalue weighted by molar-refractivity contribution is 8.13. The average Bonchev–Trinajstić information content (AvgIpc) is 2.65. The van der Waals surface area contributed by atoms with Gasteiger partial charge in [-0.15, -0.1) is 11.8 Å². The molecule has 0 saturated carbocycles. The summed E-state index contributed by atoms with van der Waals surface area (Å²) >= 11 is 1.78. The topological polar surface area (TPSA) is 26.3 Å². The molecule has 14 heavy (non-hydrogen) atoms. The lowest BCUT2D eigenvalue weighted by molar-refractivity contribution is 0.414. The molecule has 0 radical (unpaired) electrons. The number of hydrogen-bond acceptors (Lipinski definition) is 3. The van der Waals surface area contributed by atoms with E-state index in [1.165, 1.54) is 0 Å². The van der Waals surface area contributed by atoms with Gasteiger partial charge in [0.15, 0.2) is 0 Å². The summed E-state index contributed by atoms with van der Waals surface area (Å²) < 4.78 is 16.8. The maximum Gasteiger partial charge on any atom is 0.118 e. The molecule has 0 spiro atoms. The number of rotatable bonds is 2. The normalized spacial score (nSPS) is 26.4. The van der Waals surface area contributed by atoms with Gasteiger partial charge in [0.25, 0.3) is 0 Å². The Hall–Kier alpha value is -0.480. The molecule has 1 aromatic rings. The van der Waals surface area contributed by atoms with E-state index in [4.69, 9.17) is 4.74 Å². The van der Waals surface area contributed by atoms with Crippen molar-refractivity contribution in [3.8, 4) is 5.75 Å². The Labute approximate surface area is 90.5 Å². The van der Waals surface area contributed by atoms with Gasteiger partial charge in [0.1, 0.15) is 10.3 Å². The quantitative estimate of drug-likeness (QED) is 0.776. The zero-order valence-electron chi connectivity index (χ0n) is 7.93. The Kier molecular flexibility index (Phi) is 3.13. The van der Waals surface area contributed by atoms with Crippen LogP contribution in [0.3, 0.4) is 0 Å². The van der Waals surface area contributed by atoms with Gasteiger partial charge in [0.2, 0.25) is 0 Å². The third-order valence-corrected chi connectivity index (χ3v) is 5.86. The minimum Gasteiger partial charge on any atom is -0.497 e. The van der Waals surface area contributed by atoms with E-state index in [-0.39, 0.29) is 4.58 Å². The lowest BCUT2D eigenvalue weighted by Gasteiger charge is -2.08. The molecule has 0 aliphatic carbocycles. The highest BCUT2D eigenvalue weighted by atomic mass is 32.2. The second kappa shape index (κ2) is 4.36. The summed E-state index contributed by atoms with van der Waals surface area (Å²) in [6, 6.07) is 7.84. The van der Waals surface area contributed by atoms with E-state index in [9.17, 15) is 4.21 Å². The van der Waals surface area contributed by atoms with Crippen LogP contribution in [0.4, 0.5) is 0 Å². The zero-order chi connectivity index (χ0) is 9.97. The Morgan fingerprint density at radius 2 is 2.14 bits per heavy atom. The number of ether oxygens (including phenoxy) is 1. The molecular formula is C10H12O2S2. The number of thioether (sulfide) groups is 1. The van der Waals surface area contributed by atoms with Gasteiger partial charge in [-0.1, -0.05) is 12.1 Å². The SMILES string of the molecule is COc1ccc([C@@H]2SCCS2=O)cc1. The van der Waals surface area contributed by atoms with Crippen LogP contribution in [-0.4, -0.2) is 22.8 Å². The van der Waals surface area contributed by atoms with E-state index < -0.39 is 10.8 Å². The molecule has 0 aromatic heterocycles. The maximum absolute atomic E-state index is 11.6. The van der Waals surface area contributed by atoms with Gasteiger partial charge in [-0.05, 0) is 17.7 Å². The predicted molar refractivity (Wildman–Crippen MR) is 61.2 cm³/mol. The fourth-order valence-corrected chi connectivity index (χ4v) is 4.89. The second-order valence-electron chi connectivity index (χ2n) is 3.06. The van der Waals surface area contributed by atoms with Crippen molar-refractivity contribution in [2.75, 3.05) is 18.6 Å². The van der Waals surface area contributed by atoms with Crippen molar-refractivity contribution < 1.29 is 8.95 Å². The smallest absolute Gasteiger partial charge is 0.118 e. The largest absolute Gasteiger partial charge is 0.497 e. The van der Waals surface area contributed by atoms with Crippen LogP contribution >= 0.6 is 11.8 Å². The predicted octanol–water partition coefficient (Wildman–Crippen LogP) is 2.19. The lowest BCUT2D eigenvalue weighted by atomic mass is 10.2. The molecule has 1 saturated heterocycles. The third kappa shape index (κ3) is 1.96. The van der Waals surface area contributed by atoms with E-state index in [0.717, 1.165) is 22.8 Å². The summed E-state index contributed by atoms with van der Waals surface area (Å²) in [7, 11) is 0.952.